The highest BCUT2D eigenvalue weighted by atomic mass is 35.5. The summed E-state index contributed by atoms with van der Waals surface area (Å²) in [5.41, 5.74) is 2.21. The van der Waals surface area contributed by atoms with Gasteiger partial charge in [-0.2, -0.15) is 5.10 Å². The highest BCUT2D eigenvalue weighted by Crippen LogP contribution is 2.27. The van der Waals surface area contributed by atoms with Crippen LogP contribution >= 0.6 is 11.6 Å². The van der Waals surface area contributed by atoms with E-state index in [2.05, 4.69) is 15.4 Å². The molecular weight excluding hydrogens is 446 g/mol. The largest absolute Gasteiger partial charge is 0.318 e. The zero-order valence-electron chi connectivity index (χ0n) is 17.0. The van der Waals surface area contributed by atoms with E-state index in [0.29, 0.717) is 16.4 Å². The predicted octanol–water partition coefficient (Wildman–Crippen LogP) is 6.25. The van der Waals surface area contributed by atoms with Crippen molar-refractivity contribution in [3.63, 3.8) is 0 Å². The second kappa shape index (κ2) is 8.44. The quantitative estimate of drug-likeness (QED) is 0.345. The van der Waals surface area contributed by atoms with Crippen LogP contribution in [0.5, 0.6) is 0 Å². The molecule has 162 valence electrons. The van der Waals surface area contributed by atoms with Crippen LogP contribution in [0.2, 0.25) is 5.02 Å². The molecule has 0 spiro atoms. The van der Waals surface area contributed by atoms with E-state index in [-0.39, 0.29) is 22.6 Å². The molecule has 33 heavy (non-hydrogen) atoms. The maximum absolute atomic E-state index is 14.5. The van der Waals surface area contributed by atoms with E-state index in [1.165, 1.54) is 34.8 Å². The van der Waals surface area contributed by atoms with Crippen molar-refractivity contribution in [3.8, 4) is 22.5 Å². The number of nitrogens with zero attached hydrogens (tertiary/aromatic N) is 3. The Labute approximate surface area is 192 Å². The standard InChI is InChI=1S/C25H15ClF2N4O/c26-16-11-9-15(10-12-16)21-14-24-29-22(17-5-1-2-6-18(17)27)13-23(32(24)31-21)25(33)30-20-8-4-3-7-19(20)28/h1-14H,(H,30,33). The molecule has 0 saturated carbocycles. The number of fused-ring (bicyclic) bond motifs is 1. The predicted molar refractivity (Wildman–Crippen MR) is 123 cm³/mol. The zero-order chi connectivity index (χ0) is 22.9. The van der Waals surface area contributed by atoms with Gasteiger partial charge in [-0.05, 0) is 42.5 Å². The van der Waals surface area contributed by atoms with Crippen molar-refractivity contribution >= 4 is 28.8 Å². The molecule has 0 atom stereocenters. The molecule has 0 aliphatic carbocycles. The Kier molecular flexibility index (Phi) is 5.32. The van der Waals surface area contributed by atoms with Gasteiger partial charge in [0.25, 0.3) is 5.91 Å². The number of aromatic nitrogens is 3. The lowest BCUT2D eigenvalue weighted by atomic mass is 10.1. The molecule has 5 rings (SSSR count). The van der Waals surface area contributed by atoms with Gasteiger partial charge in [0.1, 0.15) is 17.3 Å². The fraction of sp³-hybridized carbons (Fsp3) is 0. The van der Waals surface area contributed by atoms with E-state index < -0.39 is 17.5 Å². The van der Waals surface area contributed by atoms with Gasteiger partial charge in [0.2, 0.25) is 0 Å². The van der Waals surface area contributed by atoms with E-state index in [0.717, 1.165) is 5.56 Å². The van der Waals surface area contributed by atoms with E-state index in [1.54, 1.807) is 54.6 Å². The summed E-state index contributed by atoms with van der Waals surface area (Å²) in [6, 6.07) is 22.1. The molecule has 2 heterocycles. The fourth-order valence-corrected chi connectivity index (χ4v) is 3.58. The maximum atomic E-state index is 14.5. The number of hydrogen-bond acceptors (Lipinski definition) is 3. The number of halogens is 3. The second-order valence-electron chi connectivity index (χ2n) is 7.25. The van der Waals surface area contributed by atoms with Crippen molar-refractivity contribution in [1.82, 2.24) is 14.6 Å². The summed E-state index contributed by atoms with van der Waals surface area (Å²) < 4.78 is 30.0. The minimum absolute atomic E-state index is 0.0185. The van der Waals surface area contributed by atoms with E-state index in [1.807, 2.05) is 0 Å². The second-order valence-corrected chi connectivity index (χ2v) is 7.68. The summed E-state index contributed by atoms with van der Waals surface area (Å²) in [5.74, 6) is -1.67. The Morgan fingerprint density at radius 2 is 1.55 bits per heavy atom. The molecule has 0 radical (unpaired) electrons. The van der Waals surface area contributed by atoms with Crippen molar-refractivity contribution in [2.24, 2.45) is 0 Å². The van der Waals surface area contributed by atoms with Gasteiger partial charge in [-0.25, -0.2) is 18.3 Å². The van der Waals surface area contributed by atoms with Crippen LogP contribution in [0.25, 0.3) is 28.2 Å². The van der Waals surface area contributed by atoms with Crippen LogP contribution in [0.15, 0.2) is 84.9 Å². The normalized spacial score (nSPS) is 11.0. The summed E-state index contributed by atoms with van der Waals surface area (Å²) >= 11 is 5.98. The van der Waals surface area contributed by atoms with Crippen molar-refractivity contribution in [3.05, 3.63) is 107 Å². The van der Waals surface area contributed by atoms with Crippen molar-refractivity contribution in [2.45, 2.75) is 0 Å². The van der Waals surface area contributed by atoms with Crippen molar-refractivity contribution < 1.29 is 13.6 Å². The number of hydrogen-bond donors (Lipinski definition) is 1. The first-order valence-corrected chi connectivity index (χ1v) is 10.3. The zero-order valence-corrected chi connectivity index (χ0v) is 17.7. The Balaban J connectivity index is 1.67. The number of nitrogens with one attached hydrogen (secondary N) is 1. The first-order valence-electron chi connectivity index (χ1n) is 9.97. The molecule has 0 aliphatic rings. The van der Waals surface area contributed by atoms with Crippen molar-refractivity contribution in [1.29, 1.82) is 0 Å². The fourth-order valence-electron chi connectivity index (χ4n) is 3.45. The minimum Gasteiger partial charge on any atom is -0.318 e. The van der Waals surface area contributed by atoms with Crippen LogP contribution in [0, 0.1) is 11.6 Å². The first kappa shape index (κ1) is 20.8. The first-order chi connectivity index (χ1) is 16.0. The molecule has 1 amide bonds. The molecule has 0 bridgehead atoms. The topological polar surface area (TPSA) is 59.3 Å². The van der Waals surface area contributed by atoms with Gasteiger partial charge in [0.15, 0.2) is 5.65 Å². The van der Waals surface area contributed by atoms with Crippen LogP contribution in [0.3, 0.4) is 0 Å². The average Bonchev–Trinajstić information content (AvgIpc) is 3.25. The van der Waals surface area contributed by atoms with Crippen LogP contribution in [-0.4, -0.2) is 20.5 Å². The lowest BCUT2D eigenvalue weighted by molar-refractivity contribution is 0.101. The molecule has 0 fully saturated rings. The van der Waals surface area contributed by atoms with Gasteiger partial charge >= 0.3 is 0 Å². The number of para-hydroxylation sites is 1. The molecular formula is C25H15ClF2N4O. The summed E-state index contributed by atoms with van der Waals surface area (Å²) in [4.78, 5) is 17.7. The van der Waals surface area contributed by atoms with Gasteiger partial charge in [-0.15, -0.1) is 0 Å². The van der Waals surface area contributed by atoms with Crippen LogP contribution < -0.4 is 5.32 Å². The molecule has 0 unspecified atom stereocenters. The third-order valence-electron chi connectivity index (χ3n) is 5.07. The Morgan fingerprint density at radius 1 is 0.848 bits per heavy atom. The molecule has 2 aromatic heterocycles. The minimum atomic E-state index is -0.615. The monoisotopic (exact) mass is 460 g/mol. The maximum Gasteiger partial charge on any atom is 0.274 e. The summed E-state index contributed by atoms with van der Waals surface area (Å²) in [6.07, 6.45) is 0. The van der Waals surface area contributed by atoms with E-state index >= 15 is 0 Å². The molecule has 0 aliphatic heterocycles. The van der Waals surface area contributed by atoms with Crippen LogP contribution in [0.1, 0.15) is 10.5 Å². The third-order valence-corrected chi connectivity index (χ3v) is 5.32. The highest BCUT2D eigenvalue weighted by Gasteiger charge is 2.19. The molecule has 3 aromatic carbocycles. The van der Waals surface area contributed by atoms with E-state index in [9.17, 15) is 13.6 Å². The number of benzene rings is 3. The molecule has 5 nitrogen and oxygen atoms in total. The van der Waals surface area contributed by atoms with Gasteiger partial charge in [0.05, 0.1) is 17.1 Å². The number of carbonyl (C=O) groups excluding carboxylic acids is 1. The molecule has 0 saturated heterocycles. The summed E-state index contributed by atoms with van der Waals surface area (Å²) in [7, 11) is 0. The van der Waals surface area contributed by atoms with Crippen LogP contribution in [0.4, 0.5) is 14.5 Å². The van der Waals surface area contributed by atoms with Crippen LogP contribution in [-0.2, 0) is 0 Å². The highest BCUT2D eigenvalue weighted by molar-refractivity contribution is 6.30. The average molecular weight is 461 g/mol. The molecule has 5 aromatic rings. The lowest BCUT2D eigenvalue weighted by Crippen LogP contribution is -2.18. The number of anilines is 1. The van der Waals surface area contributed by atoms with Crippen molar-refractivity contribution in [2.75, 3.05) is 5.32 Å². The Morgan fingerprint density at radius 3 is 2.27 bits per heavy atom. The summed E-state index contributed by atoms with van der Waals surface area (Å²) in [6.45, 7) is 0. The van der Waals surface area contributed by atoms with Gasteiger partial charge in [-0.3, -0.25) is 4.79 Å². The third kappa shape index (κ3) is 4.06. The molecule has 8 heteroatoms. The van der Waals surface area contributed by atoms with Gasteiger partial charge < -0.3 is 5.32 Å². The smallest absolute Gasteiger partial charge is 0.274 e. The van der Waals surface area contributed by atoms with E-state index in [4.69, 9.17) is 11.6 Å². The SMILES string of the molecule is O=C(Nc1ccccc1F)c1cc(-c2ccccc2F)nc2cc(-c3ccc(Cl)cc3)nn12. The lowest BCUT2D eigenvalue weighted by Gasteiger charge is -2.10. The van der Waals surface area contributed by atoms with Gasteiger partial charge in [0, 0.05) is 22.2 Å². The number of amides is 1. The Bertz CT molecular complexity index is 1500. The van der Waals surface area contributed by atoms with Gasteiger partial charge in [-0.1, -0.05) is 48.0 Å². The summed E-state index contributed by atoms with van der Waals surface area (Å²) in [5, 5.41) is 7.65. The molecule has 1 N–H and O–H groups in total. The number of carbonyl (C=O) groups is 1. The Hall–Kier alpha value is -4.10. The number of rotatable bonds is 4.